The number of methoxy groups -OCH3 is 1. The fraction of sp³-hybridized carbons (Fsp3) is 0.733. The monoisotopic (exact) mass is 361 g/mol. The topological polar surface area (TPSA) is 126 Å². The van der Waals surface area contributed by atoms with Gasteiger partial charge in [-0.05, 0) is 0 Å². The second-order valence-electron chi connectivity index (χ2n) is 5.46. The van der Waals surface area contributed by atoms with Crippen molar-refractivity contribution < 1.29 is 42.9 Å². The average Bonchev–Trinajstić information content (AvgIpc) is 2.48. The molecule has 1 amide bonds. The van der Waals surface area contributed by atoms with Gasteiger partial charge in [-0.3, -0.25) is 19.2 Å². The standard InChI is InChI=1S/C15H23NO9/c1-7(17)16-12-14(24-10(4)20)13(23-9(3)19)11(6-22-8(2)18)25-15(12)21-5/h11-15H,6H2,1-5H3,(H,16,17)/t11-,12+,13+,14-,15-/m0/s1. The summed E-state index contributed by atoms with van der Waals surface area (Å²) in [5.41, 5.74) is 0. The summed E-state index contributed by atoms with van der Waals surface area (Å²) in [6, 6.07) is -0.927. The SMILES string of the molecule is CO[C@H]1O[C@@H](COC(C)=O)[C@@H](OC(C)=O)[C@@H](OC(C)=O)[C@H]1NC(C)=O. The molecule has 0 aliphatic carbocycles. The van der Waals surface area contributed by atoms with Crippen LogP contribution >= 0.6 is 0 Å². The van der Waals surface area contributed by atoms with Crippen LogP contribution in [0.2, 0.25) is 0 Å². The van der Waals surface area contributed by atoms with E-state index in [0.717, 1.165) is 0 Å². The number of carbonyl (C=O) groups excluding carboxylic acids is 4. The second-order valence-corrected chi connectivity index (χ2v) is 5.46. The molecule has 1 aliphatic heterocycles. The van der Waals surface area contributed by atoms with Crippen LogP contribution in [0.15, 0.2) is 0 Å². The minimum Gasteiger partial charge on any atom is -0.463 e. The number of esters is 3. The number of amides is 1. The lowest BCUT2D eigenvalue weighted by molar-refractivity contribution is -0.271. The van der Waals surface area contributed by atoms with E-state index in [4.69, 9.17) is 23.7 Å². The second kappa shape index (κ2) is 9.33. The molecule has 1 N–H and O–H groups in total. The van der Waals surface area contributed by atoms with Gasteiger partial charge in [-0.1, -0.05) is 0 Å². The van der Waals surface area contributed by atoms with Crippen molar-refractivity contribution in [3.05, 3.63) is 0 Å². The molecule has 10 nitrogen and oxygen atoms in total. The lowest BCUT2D eigenvalue weighted by Gasteiger charge is -2.44. The Morgan fingerprint density at radius 1 is 0.920 bits per heavy atom. The summed E-state index contributed by atoms with van der Waals surface area (Å²) in [6.45, 7) is 4.57. The van der Waals surface area contributed by atoms with E-state index in [0.29, 0.717) is 0 Å². The van der Waals surface area contributed by atoms with Gasteiger partial charge < -0.3 is 29.0 Å². The maximum absolute atomic E-state index is 11.5. The van der Waals surface area contributed by atoms with Crippen LogP contribution in [0.25, 0.3) is 0 Å². The number of ether oxygens (including phenoxy) is 5. The van der Waals surface area contributed by atoms with Gasteiger partial charge in [0.05, 0.1) is 0 Å². The van der Waals surface area contributed by atoms with Crippen LogP contribution in [0.5, 0.6) is 0 Å². The fourth-order valence-electron chi connectivity index (χ4n) is 2.49. The Morgan fingerprint density at radius 3 is 1.92 bits per heavy atom. The highest BCUT2D eigenvalue weighted by Gasteiger charge is 2.50. The van der Waals surface area contributed by atoms with Crippen LogP contribution in [-0.4, -0.2) is 68.2 Å². The molecule has 0 aromatic heterocycles. The third-order valence-electron chi connectivity index (χ3n) is 3.30. The summed E-state index contributed by atoms with van der Waals surface area (Å²) < 4.78 is 26.2. The molecule has 1 fully saturated rings. The van der Waals surface area contributed by atoms with Gasteiger partial charge in [0.15, 0.2) is 18.5 Å². The predicted molar refractivity (Wildman–Crippen MR) is 81.0 cm³/mol. The molecule has 0 aromatic carbocycles. The van der Waals surface area contributed by atoms with Gasteiger partial charge in [0.25, 0.3) is 0 Å². The Kier molecular flexibility index (Phi) is 7.78. The fourth-order valence-corrected chi connectivity index (χ4v) is 2.49. The van der Waals surface area contributed by atoms with E-state index in [-0.39, 0.29) is 6.61 Å². The molecule has 10 heteroatoms. The van der Waals surface area contributed by atoms with Crippen molar-refractivity contribution in [1.82, 2.24) is 5.32 Å². The van der Waals surface area contributed by atoms with E-state index in [2.05, 4.69) is 5.32 Å². The van der Waals surface area contributed by atoms with Crippen molar-refractivity contribution >= 4 is 23.8 Å². The number of nitrogens with one attached hydrogen (secondary N) is 1. The first-order chi connectivity index (χ1) is 11.6. The molecule has 0 spiro atoms. The molecule has 1 aliphatic rings. The van der Waals surface area contributed by atoms with E-state index in [1.807, 2.05) is 0 Å². The van der Waals surface area contributed by atoms with Crippen LogP contribution in [-0.2, 0) is 42.9 Å². The van der Waals surface area contributed by atoms with Crippen molar-refractivity contribution in [2.24, 2.45) is 0 Å². The summed E-state index contributed by atoms with van der Waals surface area (Å²) >= 11 is 0. The largest absolute Gasteiger partial charge is 0.463 e. The van der Waals surface area contributed by atoms with Gasteiger partial charge in [0.1, 0.15) is 18.8 Å². The summed E-state index contributed by atoms with van der Waals surface area (Å²) in [5, 5.41) is 2.56. The van der Waals surface area contributed by atoms with Crippen LogP contribution in [0.4, 0.5) is 0 Å². The molecule has 0 unspecified atom stereocenters. The van der Waals surface area contributed by atoms with Crippen molar-refractivity contribution in [2.45, 2.75) is 58.3 Å². The summed E-state index contributed by atoms with van der Waals surface area (Å²) in [7, 11) is 1.33. The Bertz CT molecular complexity index is 521. The first-order valence-corrected chi connectivity index (χ1v) is 7.58. The Hall–Kier alpha value is -2.20. The molecule has 1 rings (SSSR count). The highest BCUT2D eigenvalue weighted by Crippen LogP contribution is 2.27. The molecule has 25 heavy (non-hydrogen) atoms. The molecule has 5 atom stereocenters. The highest BCUT2D eigenvalue weighted by atomic mass is 16.7. The third kappa shape index (κ3) is 6.31. The molecule has 0 saturated carbocycles. The Labute approximate surface area is 145 Å². The molecule has 0 radical (unpaired) electrons. The minimum atomic E-state index is -1.11. The van der Waals surface area contributed by atoms with E-state index < -0.39 is 54.5 Å². The van der Waals surface area contributed by atoms with Gasteiger partial charge in [-0.25, -0.2) is 0 Å². The lowest BCUT2D eigenvalue weighted by atomic mass is 9.96. The third-order valence-corrected chi connectivity index (χ3v) is 3.30. The molecule has 1 saturated heterocycles. The van der Waals surface area contributed by atoms with E-state index in [9.17, 15) is 19.2 Å². The average molecular weight is 361 g/mol. The first-order valence-electron chi connectivity index (χ1n) is 7.58. The van der Waals surface area contributed by atoms with Gasteiger partial charge >= 0.3 is 17.9 Å². The van der Waals surface area contributed by atoms with Crippen LogP contribution < -0.4 is 5.32 Å². The van der Waals surface area contributed by atoms with Gasteiger partial charge in [-0.15, -0.1) is 0 Å². The normalized spacial score (nSPS) is 28.6. The molecule has 1 heterocycles. The minimum absolute atomic E-state index is 0.252. The Balaban J connectivity index is 3.18. The zero-order valence-corrected chi connectivity index (χ0v) is 14.8. The number of carbonyl (C=O) groups is 4. The maximum atomic E-state index is 11.5. The smallest absolute Gasteiger partial charge is 0.303 e. The van der Waals surface area contributed by atoms with Crippen molar-refractivity contribution in [1.29, 1.82) is 0 Å². The zero-order chi connectivity index (χ0) is 19.1. The summed E-state index contributed by atoms with van der Waals surface area (Å²) in [5.74, 6) is -2.29. The van der Waals surface area contributed by atoms with Crippen LogP contribution in [0, 0.1) is 0 Å². The maximum Gasteiger partial charge on any atom is 0.303 e. The predicted octanol–water partition coefficient (Wildman–Crippen LogP) is -0.711. The van der Waals surface area contributed by atoms with Crippen molar-refractivity contribution in [3.63, 3.8) is 0 Å². The van der Waals surface area contributed by atoms with E-state index in [1.54, 1.807) is 0 Å². The lowest BCUT2D eigenvalue weighted by Crippen LogP contribution is -2.66. The van der Waals surface area contributed by atoms with Gasteiger partial charge in [-0.2, -0.15) is 0 Å². The first kappa shape index (κ1) is 20.8. The molecular formula is C15H23NO9. The van der Waals surface area contributed by atoms with Gasteiger partial charge in [0, 0.05) is 34.8 Å². The molecule has 142 valence electrons. The Morgan fingerprint density at radius 2 is 1.48 bits per heavy atom. The van der Waals surface area contributed by atoms with Gasteiger partial charge in [0.2, 0.25) is 5.91 Å². The zero-order valence-electron chi connectivity index (χ0n) is 14.8. The summed E-state index contributed by atoms with van der Waals surface area (Å²) in [6.07, 6.45) is -4.17. The quantitative estimate of drug-likeness (QED) is 0.482. The molecular weight excluding hydrogens is 338 g/mol. The highest BCUT2D eigenvalue weighted by molar-refractivity contribution is 5.73. The van der Waals surface area contributed by atoms with Crippen molar-refractivity contribution in [3.8, 4) is 0 Å². The number of hydrogen-bond donors (Lipinski definition) is 1. The van der Waals surface area contributed by atoms with Crippen LogP contribution in [0.1, 0.15) is 27.7 Å². The van der Waals surface area contributed by atoms with E-state index in [1.165, 1.54) is 34.8 Å². The molecule has 0 bridgehead atoms. The van der Waals surface area contributed by atoms with Crippen molar-refractivity contribution in [2.75, 3.05) is 13.7 Å². The molecule has 0 aromatic rings. The summed E-state index contributed by atoms with van der Waals surface area (Å²) in [4.78, 5) is 45.5. The number of hydrogen-bond acceptors (Lipinski definition) is 9. The number of rotatable bonds is 6. The van der Waals surface area contributed by atoms with E-state index >= 15 is 0 Å². The van der Waals surface area contributed by atoms with Crippen LogP contribution in [0.3, 0.4) is 0 Å².